The molecule has 2 heterocycles. The number of hydrogen-bond donors (Lipinski definition) is 1. The van der Waals surface area contributed by atoms with E-state index in [1.165, 1.54) is 0 Å². The van der Waals surface area contributed by atoms with Gasteiger partial charge < -0.3 is 19.5 Å². The van der Waals surface area contributed by atoms with Crippen LogP contribution >= 0.6 is 11.6 Å². The molecule has 2 aromatic rings. The molecule has 0 atom stereocenters. The molecule has 0 spiro atoms. The molecule has 6 nitrogen and oxygen atoms in total. The molecule has 1 N–H and O–H groups in total. The summed E-state index contributed by atoms with van der Waals surface area (Å²) >= 11 is 6.25. The van der Waals surface area contributed by atoms with Gasteiger partial charge in [-0.25, -0.2) is 4.79 Å². The highest BCUT2D eigenvalue weighted by atomic mass is 35.5. The van der Waals surface area contributed by atoms with Crippen LogP contribution < -0.4 is 9.47 Å². The Bertz CT molecular complexity index is 927. The lowest BCUT2D eigenvalue weighted by molar-refractivity contribution is -0.131. The number of carbonyl (C=O) groups is 2. The Morgan fingerprint density at radius 2 is 1.93 bits per heavy atom. The summed E-state index contributed by atoms with van der Waals surface area (Å²) in [5.74, 6) is 0.0835. The summed E-state index contributed by atoms with van der Waals surface area (Å²) in [6.45, 7) is 1.93. The van der Waals surface area contributed by atoms with E-state index < -0.39 is 5.97 Å². The molecule has 0 unspecified atom stereocenters. The number of carbonyl (C=O) groups excluding carboxylic acids is 1. The van der Waals surface area contributed by atoms with Crippen LogP contribution in [-0.2, 0) is 24.2 Å². The van der Waals surface area contributed by atoms with Gasteiger partial charge in [-0.1, -0.05) is 17.7 Å². The number of carboxylic acids is 1. The maximum atomic E-state index is 12.8. The standard InChI is InChI=1S/C20H18ClNO5/c21-16-7-12(8-17-19(16)27-6-5-26-17)9-18(23)22-4-3-13-1-2-14(20(24)25)10-15(13)11-22/h1-2,7-8,10H,3-6,9,11H2,(H,24,25). The number of amides is 1. The lowest BCUT2D eigenvalue weighted by Gasteiger charge is -2.29. The van der Waals surface area contributed by atoms with Crippen LogP contribution in [-0.4, -0.2) is 41.6 Å². The van der Waals surface area contributed by atoms with Crippen molar-refractivity contribution in [3.8, 4) is 11.5 Å². The second-order valence-corrected chi connectivity index (χ2v) is 7.04. The second kappa shape index (κ2) is 7.12. The van der Waals surface area contributed by atoms with Crippen LogP contribution in [0.2, 0.25) is 5.02 Å². The third-order valence-electron chi connectivity index (χ3n) is 4.83. The van der Waals surface area contributed by atoms with Crippen LogP contribution in [0.4, 0.5) is 0 Å². The van der Waals surface area contributed by atoms with E-state index in [9.17, 15) is 9.59 Å². The minimum atomic E-state index is -0.966. The Kier molecular flexibility index (Phi) is 4.66. The molecule has 140 valence electrons. The Labute approximate surface area is 161 Å². The van der Waals surface area contributed by atoms with Gasteiger partial charge in [0.15, 0.2) is 11.5 Å². The first-order valence-corrected chi connectivity index (χ1v) is 9.10. The van der Waals surface area contributed by atoms with Gasteiger partial charge in [0.1, 0.15) is 13.2 Å². The fourth-order valence-electron chi connectivity index (χ4n) is 3.46. The monoisotopic (exact) mass is 387 g/mol. The molecule has 2 aromatic carbocycles. The lowest BCUT2D eigenvalue weighted by atomic mass is 9.97. The smallest absolute Gasteiger partial charge is 0.335 e. The normalized spacial score (nSPS) is 15.2. The van der Waals surface area contributed by atoms with Crippen molar-refractivity contribution >= 4 is 23.5 Å². The van der Waals surface area contributed by atoms with Gasteiger partial charge in [0.25, 0.3) is 0 Å². The molecule has 7 heteroatoms. The van der Waals surface area contributed by atoms with Crippen LogP contribution in [0.1, 0.15) is 27.0 Å². The first-order chi connectivity index (χ1) is 13.0. The van der Waals surface area contributed by atoms with E-state index in [1.54, 1.807) is 29.2 Å². The molecule has 2 aliphatic rings. The summed E-state index contributed by atoms with van der Waals surface area (Å²) in [5, 5.41) is 9.60. The zero-order valence-corrected chi connectivity index (χ0v) is 15.3. The molecule has 0 saturated heterocycles. The predicted octanol–water partition coefficient (Wildman–Crippen LogP) is 2.94. The SMILES string of the molecule is O=C(O)c1ccc2c(c1)CN(C(=O)Cc1cc(Cl)c3c(c1)OCCO3)CC2. The van der Waals surface area contributed by atoms with Crippen LogP contribution in [0, 0.1) is 0 Å². The maximum Gasteiger partial charge on any atom is 0.335 e. The maximum absolute atomic E-state index is 12.8. The molecule has 0 aromatic heterocycles. The molecule has 0 saturated carbocycles. The first-order valence-electron chi connectivity index (χ1n) is 8.72. The number of carboxylic acid groups (broad SMARTS) is 1. The minimum absolute atomic E-state index is 0.0332. The third kappa shape index (κ3) is 3.57. The van der Waals surface area contributed by atoms with Crippen molar-refractivity contribution in [1.29, 1.82) is 0 Å². The van der Waals surface area contributed by atoms with Gasteiger partial charge in [-0.05, 0) is 47.4 Å². The predicted molar refractivity (Wildman–Crippen MR) is 98.7 cm³/mol. The molecule has 27 heavy (non-hydrogen) atoms. The molecular weight excluding hydrogens is 370 g/mol. The molecular formula is C20H18ClNO5. The van der Waals surface area contributed by atoms with Crippen molar-refractivity contribution in [3.63, 3.8) is 0 Å². The fourth-order valence-corrected chi connectivity index (χ4v) is 3.74. The lowest BCUT2D eigenvalue weighted by Crippen LogP contribution is -2.37. The summed E-state index contributed by atoms with van der Waals surface area (Å²) < 4.78 is 11.1. The number of hydrogen-bond acceptors (Lipinski definition) is 4. The number of halogens is 1. The zero-order valence-electron chi connectivity index (χ0n) is 14.5. The zero-order chi connectivity index (χ0) is 19.0. The average molecular weight is 388 g/mol. The van der Waals surface area contributed by atoms with E-state index in [1.807, 2.05) is 6.07 Å². The average Bonchev–Trinajstić information content (AvgIpc) is 2.67. The van der Waals surface area contributed by atoms with Gasteiger partial charge in [-0.3, -0.25) is 4.79 Å². The quantitative estimate of drug-likeness (QED) is 0.876. The van der Waals surface area contributed by atoms with Crippen LogP contribution in [0.25, 0.3) is 0 Å². The van der Waals surface area contributed by atoms with Crippen LogP contribution in [0.15, 0.2) is 30.3 Å². The van der Waals surface area contributed by atoms with Crippen molar-refractivity contribution in [2.45, 2.75) is 19.4 Å². The Balaban J connectivity index is 1.50. The summed E-state index contributed by atoms with van der Waals surface area (Å²) in [6, 6.07) is 8.61. The van der Waals surface area contributed by atoms with Crippen LogP contribution in [0.3, 0.4) is 0 Å². The van der Waals surface area contributed by atoms with E-state index in [4.69, 9.17) is 26.2 Å². The molecule has 4 rings (SSSR count). The van der Waals surface area contributed by atoms with E-state index in [0.717, 1.165) is 16.7 Å². The highest BCUT2D eigenvalue weighted by molar-refractivity contribution is 6.32. The van der Waals surface area contributed by atoms with Crippen molar-refractivity contribution in [2.24, 2.45) is 0 Å². The number of ether oxygens (including phenoxy) is 2. The highest BCUT2D eigenvalue weighted by Crippen LogP contribution is 2.38. The van der Waals surface area contributed by atoms with Gasteiger partial charge in [0, 0.05) is 13.1 Å². The highest BCUT2D eigenvalue weighted by Gasteiger charge is 2.23. The van der Waals surface area contributed by atoms with Crippen molar-refractivity contribution in [3.05, 3.63) is 57.6 Å². The second-order valence-electron chi connectivity index (χ2n) is 6.63. The molecule has 0 bridgehead atoms. The summed E-state index contributed by atoms with van der Waals surface area (Å²) in [6.07, 6.45) is 0.910. The van der Waals surface area contributed by atoms with E-state index in [2.05, 4.69) is 0 Å². The summed E-state index contributed by atoms with van der Waals surface area (Å²) in [5.41, 5.74) is 2.97. The molecule has 0 aliphatic carbocycles. The Hall–Kier alpha value is -2.73. The fraction of sp³-hybridized carbons (Fsp3) is 0.300. The number of benzene rings is 2. The van der Waals surface area contributed by atoms with Gasteiger partial charge in [-0.2, -0.15) is 0 Å². The Morgan fingerprint density at radius 1 is 1.11 bits per heavy atom. The van der Waals surface area contributed by atoms with E-state index >= 15 is 0 Å². The minimum Gasteiger partial charge on any atom is -0.486 e. The number of fused-ring (bicyclic) bond motifs is 2. The first kappa shape index (κ1) is 17.7. The van der Waals surface area contributed by atoms with Gasteiger partial charge in [-0.15, -0.1) is 0 Å². The van der Waals surface area contributed by atoms with Crippen molar-refractivity contribution in [1.82, 2.24) is 4.90 Å². The molecule has 0 fully saturated rings. The molecule has 2 aliphatic heterocycles. The summed E-state index contributed by atoms with van der Waals surface area (Å²) in [7, 11) is 0. The number of rotatable bonds is 3. The topological polar surface area (TPSA) is 76.1 Å². The van der Waals surface area contributed by atoms with Crippen molar-refractivity contribution < 1.29 is 24.2 Å². The van der Waals surface area contributed by atoms with Crippen molar-refractivity contribution in [2.75, 3.05) is 19.8 Å². The largest absolute Gasteiger partial charge is 0.486 e. The van der Waals surface area contributed by atoms with Gasteiger partial charge in [0.2, 0.25) is 5.91 Å². The van der Waals surface area contributed by atoms with E-state index in [-0.39, 0.29) is 17.9 Å². The van der Waals surface area contributed by atoms with Crippen LogP contribution in [0.5, 0.6) is 11.5 Å². The van der Waals surface area contributed by atoms with Gasteiger partial charge >= 0.3 is 5.97 Å². The number of nitrogens with zero attached hydrogens (tertiary/aromatic N) is 1. The third-order valence-corrected chi connectivity index (χ3v) is 5.11. The summed E-state index contributed by atoms with van der Waals surface area (Å²) in [4.78, 5) is 25.7. The Morgan fingerprint density at radius 3 is 2.74 bits per heavy atom. The van der Waals surface area contributed by atoms with E-state index in [0.29, 0.717) is 49.2 Å². The molecule has 1 amide bonds. The number of aromatic carboxylic acids is 1. The van der Waals surface area contributed by atoms with Gasteiger partial charge in [0.05, 0.1) is 17.0 Å². The molecule has 0 radical (unpaired) electrons.